The number of aromatic nitrogens is 1. The molecule has 0 N–H and O–H groups in total. The van der Waals surface area contributed by atoms with Gasteiger partial charge >= 0.3 is 0 Å². The fourth-order valence-electron chi connectivity index (χ4n) is 1.79. The Balaban J connectivity index is 2.47. The number of nitrogens with zero attached hydrogens (tertiary/aromatic N) is 1. The Morgan fingerprint density at radius 3 is 2.80 bits per heavy atom. The van der Waals surface area contributed by atoms with Crippen LogP contribution >= 0.6 is 34.2 Å². The van der Waals surface area contributed by atoms with Gasteiger partial charge in [0.25, 0.3) is 5.56 Å². The Bertz CT molecular complexity index is 747. The Morgan fingerprint density at radius 2 is 2.15 bits per heavy atom. The van der Waals surface area contributed by atoms with E-state index in [-0.39, 0.29) is 12.2 Å². The Labute approximate surface area is 135 Å². The van der Waals surface area contributed by atoms with Crippen molar-refractivity contribution in [3.05, 3.63) is 49.3 Å². The molecule has 0 aliphatic heterocycles. The van der Waals surface area contributed by atoms with Crippen LogP contribution in [0, 0.1) is 15.9 Å². The third-order valence-corrected chi connectivity index (χ3v) is 3.93. The van der Waals surface area contributed by atoms with Crippen molar-refractivity contribution in [2.24, 2.45) is 7.05 Å². The minimum Gasteiger partial charge on any atom is -0.481 e. The zero-order valence-electron chi connectivity index (χ0n) is 10.7. The number of halogens is 2. The van der Waals surface area contributed by atoms with Gasteiger partial charge in [-0.15, -0.1) is 6.42 Å². The maximum absolute atomic E-state index is 11.9. The SMILES string of the molecule is C#CCOc1ccc(-c2ccc(I)c(=O)n2C)c(Cl)c1. The van der Waals surface area contributed by atoms with E-state index in [2.05, 4.69) is 5.92 Å². The lowest BCUT2D eigenvalue weighted by Gasteiger charge is -2.11. The van der Waals surface area contributed by atoms with E-state index in [0.717, 1.165) is 11.3 Å². The molecule has 1 aromatic heterocycles. The van der Waals surface area contributed by atoms with Gasteiger partial charge in [0.15, 0.2) is 0 Å². The van der Waals surface area contributed by atoms with Crippen molar-refractivity contribution in [1.29, 1.82) is 0 Å². The van der Waals surface area contributed by atoms with Crippen molar-refractivity contribution >= 4 is 34.2 Å². The lowest BCUT2D eigenvalue weighted by molar-refractivity contribution is 0.370. The molecule has 20 heavy (non-hydrogen) atoms. The molecule has 1 heterocycles. The van der Waals surface area contributed by atoms with E-state index in [1.165, 1.54) is 0 Å². The third kappa shape index (κ3) is 3.00. The molecule has 0 fully saturated rings. The van der Waals surface area contributed by atoms with Crippen LogP contribution in [0.4, 0.5) is 0 Å². The number of rotatable bonds is 3. The molecule has 0 radical (unpaired) electrons. The highest BCUT2D eigenvalue weighted by Gasteiger charge is 2.10. The topological polar surface area (TPSA) is 31.2 Å². The number of ether oxygens (including phenoxy) is 1. The molecule has 0 bridgehead atoms. The fourth-order valence-corrected chi connectivity index (χ4v) is 2.60. The number of hydrogen-bond donors (Lipinski definition) is 0. The van der Waals surface area contributed by atoms with Gasteiger partial charge in [0.1, 0.15) is 12.4 Å². The molecule has 1 aromatic carbocycles. The summed E-state index contributed by atoms with van der Waals surface area (Å²) in [7, 11) is 1.72. The average Bonchev–Trinajstić information content (AvgIpc) is 2.44. The summed E-state index contributed by atoms with van der Waals surface area (Å²) >= 11 is 8.27. The first-order chi connectivity index (χ1) is 9.54. The molecular formula is C15H11ClINO2. The second-order valence-electron chi connectivity index (χ2n) is 4.07. The lowest BCUT2D eigenvalue weighted by atomic mass is 10.1. The third-order valence-electron chi connectivity index (χ3n) is 2.80. The second-order valence-corrected chi connectivity index (χ2v) is 5.63. The van der Waals surface area contributed by atoms with Crippen molar-refractivity contribution in [3.63, 3.8) is 0 Å². The lowest BCUT2D eigenvalue weighted by Crippen LogP contribution is -2.20. The smallest absolute Gasteiger partial charge is 0.264 e. The van der Waals surface area contributed by atoms with Gasteiger partial charge in [0, 0.05) is 12.6 Å². The normalized spacial score (nSPS) is 10.1. The minimum atomic E-state index is -0.0492. The van der Waals surface area contributed by atoms with Gasteiger partial charge in [-0.3, -0.25) is 4.79 Å². The van der Waals surface area contributed by atoms with E-state index in [1.807, 2.05) is 34.7 Å². The molecule has 0 spiro atoms. The molecule has 0 amide bonds. The van der Waals surface area contributed by atoms with Crippen LogP contribution in [0.1, 0.15) is 0 Å². The van der Waals surface area contributed by atoms with Crippen LogP contribution in [0.3, 0.4) is 0 Å². The summed E-state index contributed by atoms with van der Waals surface area (Å²) in [6.07, 6.45) is 5.14. The molecule has 0 unspecified atom stereocenters. The summed E-state index contributed by atoms with van der Waals surface area (Å²) in [6.45, 7) is 0.192. The predicted molar refractivity (Wildman–Crippen MR) is 89.2 cm³/mol. The molecule has 2 rings (SSSR count). The van der Waals surface area contributed by atoms with E-state index in [1.54, 1.807) is 29.8 Å². The van der Waals surface area contributed by atoms with Gasteiger partial charge in [0.2, 0.25) is 0 Å². The highest BCUT2D eigenvalue weighted by Crippen LogP contribution is 2.30. The molecule has 2 aromatic rings. The Morgan fingerprint density at radius 1 is 1.40 bits per heavy atom. The molecule has 0 aliphatic carbocycles. The summed E-state index contributed by atoms with van der Waals surface area (Å²) in [5.41, 5.74) is 1.48. The van der Waals surface area contributed by atoms with Crippen LogP contribution in [0.25, 0.3) is 11.3 Å². The van der Waals surface area contributed by atoms with E-state index in [9.17, 15) is 4.79 Å². The molecule has 102 valence electrons. The largest absolute Gasteiger partial charge is 0.481 e. The summed E-state index contributed by atoms with van der Waals surface area (Å²) < 4.78 is 7.55. The predicted octanol–water partition coefficient (Wildman–Crippen LogP) is 3.32. The monoisotopic (exact) mass is 399 g/mol. The molecule has 0 aliphatic rings. The van der Waals surface area contributed by atoms with Crippen LogP contribution < -0.4 is 10.3 Å². The number of terminal acetylenes is 1. The van der Waals surface area contributed by atoms with Gasteiger partial charge in [-0.05, 0) is 52.9 Å². The summed E-state index contributed by atoms with van der Waals surface area (Å²) in [5, 5.41) is 0.510. The van der Waals surface area contributed by atoms with E-state index in [4.69, 9.17) is 22.8 Å². The van der Waals surface area contributed by atoms with Crippen LogP contribution in [0.15, 0.2) is 35.1 Å². The van der Waals surface area contributed by atoms with Crippen molar-refractivity contribution in [2.45, 2.75) is 0 Å². The van der Waals surface area contributed by atoms with Crippen LogP contribution in [0.5, 0.6) is 5.75 Å². The van der Waals surface area contributed by atoms with Gasteiger partial charge < -0.3 is 9.30 Å². The number of hydrogen-bond acceptors (Lipinski definition) is 2. The minimum absolute atomic E-state index is 0.0492. The maximum atomic E-state index is 11.9. The summed E-state index contributed by atoms with van der Waals surface area (Å²) in [6, 6.07) is 8.93. The second kappa shape index (κ2) is 6.33. The van der Waals surface area contributed by atoms with Gasteiger partial charge in [-0.2, -0.15) is 0 Å². The van der Waals surface area contributed by atoms with Crippen LogP contribution in [0.2, 0.25) is 5.02 Å². The van der Waals surface area contributed by atoms with Crippen molar-refractivity contribution in [2.75, 3.05) is 6.61 Å². The fraction of sp³-hybridized carbons (Fsp3) is 0.133. The Kier molecular flexibility index (Phi) is 4.73. The highest BCUT2D eigenvalue weighted by molar-refractivity contribution is 14.1. The van der Waals surface area contributed by atoms with Crippen LogP contribution in [-0.4, -0.2) is 11.2 Å². The highest BCUT2D eigenvalue weighted by atomic mass is 127. The maximum Gasteiger partial charge on any atom is 0.264 e. The van der Waals surface area contributed by atoms with E-state index in [0.29, 0.717) is 14.3 Å². The molecule has 5 heteroatoms. The quantitative estimate of drug-likeness (QED) is 0.586. The summed E-state index contributed by atoms with van der Waals surface area (Å²) in [4.78, 5) is 11.9. The first kappa shape index (κ1) is 14.9. The zero-order chi connectivity index (χ0) is 14.7. The molecular weight excluding hydrogens is 389 g/mol. The average molecular weight is 400 g/mol. The first-order valence-corrected chi connectivity index (χ1v) is 7.22. The van der Waals surface area contributed by atoms with Gasteiger partial charge in [0.05, 0.1) is 14.3 Å². The summed E-state index contributed by atoms with van der Waals surface area (Å²) in [5.74, 6) is 3.00. The molecule has 0 saturated heterocycles. The van der Waals surface area contributed by atoms with Crippen molar-refractivity contribution in [1.82, 2.24) is 4.57 Å². The molecule has 0 atom stereocenters. The van der Waals surface area contributed by atoms with Gasteiger partial charge in [-0.1, -0.05) is 17.5 Å². The number of benzene rings is 1. The zero-order valence-corrected chi connectivity index (χ0v) is 13.6. The standard InChI is InChI=1S/C15H11ClINO2/c1-3-8-20-10-4-5-11(12(16)9-10)14-7-6-13(17)15(19)18(14)2/h1,4-7,9H,8H2,2H3. The first-order valence-electron chi connectivity index (χ1n) is 5.76. The number of pyridine rings is 1. The van der Waals surface area contributed by atoms with Crippen molar-refractivity contribution in [3.8, 4) is 29.4 Å². The Hall–Kier alpha value is -1.45. The van der Waals surface area contributed by atoms with Crippen LogP contribution in [-0.2, 0) is 7.05 Å². The van der Waals surface area contributed by atoms with Crippen molar-refractivity contribution < 1.29 is 4.74 Å². The van der Waals surface area contributed by atoms with E-state index >= 15 is 0 Å². The molecule has 3 nitrogen and oxygen atoms in total. The van der Waals surface area contributed by atoms with Gasteiger partial charge in [-0.25, -0.2) is 0 Å². The molecule has 0 saturated carbocycles. The van der Waals surface area contributed by atoms with E-state index < -0.39 is 0 Å².